The molecule has 2 heteroatoms. The molecule has 3 aromatic rings. The van der Waals surface area contributed by atoms with Crippen LogP contribution < -0.4 is 4.90 Å². The number of hydrogen-bond donors (Lipinski definition) is 0. The van der Waals surface area contributed by atoms with E-state index < -0.39 is 0 Å². The molecule has 24 heavy (non-hydrogen) atoms. The Hall–Kier alpha value is -2.87. The number of carbonyl (C=O) groups is 1. The predicted molar refractivity (Wildman–Crippen MR) is 95.3 cm³/mol. The molecule has 0 unspecified atom stereocenters. The molecule has 0 aromatic heterocycles. The number of anilines is 1. The highest BCUT2D eigenvalue weighted by Crippen LogP contribution is 2.51. The molecule has 3 aromatic carbocycles. The second-order valence-corrected chi connectivity index (χ2v) is 6.54. The van der Waals surface area contributed by atoms with Gasteiger partial charge in [-0.3, -0.25) is 4.79 Å². The molecule has 0 aliphatic carbocycles. The van der Waals surface area contributed by atoms with Crippen LogP contribution in [0.1, 0.15) is 45.4 Å². The van der Waals surface area contributed by atoms with Crippen molar-refractivity contribution < 1.29 is 4.79 Å². The van der Waals surface area contributed by atoms with Gasteiger partial charge < -0.3 is 4.90 Å². The number of nitrogens with zero attached hydrogens (tertiary/aromatic N) is 1. The van der Waals surface area contributed by atoms with Gasteiger partial charge in [0.25, 0.3) is 5.91 Å². The minimum atomic E-state index is 0.133. The lowest BCUT2D eigenvalue weighted by Gasteiger charge is -2.37. The molecule has 0 saturated heterocycles. The predicted octanol–water partition coefficient (Wildman–Crippen LogP) is 4.92. The van der Waals surface area contributed by atoms with Crippen LogP contribution in [0, 0.1) is 0 Å². The molecule has 2 heterocycles. The Kier molecular flexibility index (Phi) is 2.86. The summed E-state index contributed by atoms with van der Waals surface area (Å²) in [6.07, 6.45) is 0.934. The first kappa shape index (κ1) is 13.6. The van der Waals surface area contributed by atoms with Gasteiger partial charge in [-0.2, -0.15) is 0 Å². The van der Waals surface area contributed by atoms with Gasteiger partial charge in [-0.25, -0.2) is 0 Å². The summed E-state index contributed by atoms with van der Waals surface area (Å²) in [5.74, 6) is 0.456. The third kappa shape index (κ3) is 1.80. The number of amides is 1. The van der Waals surface area contributed by atoms with E-state index in [1.54, 1.807) is 0 Å². The highest BCUT2D eigenvalue weighted by Gasteiger charge is 2.43. The molecule has 0 fully saturated rings. The Morgan fingerprint density at radius 3 is 2.25 bits per heavy atom. The van der Waals surface area contributed by atoms with Crippen LogP contribution in [-0.4, -0.2) is 5.91 Å². The van der Waals surface area contributed by atoms with Gasteiger partial charge in [-0.1, -0.05) is 66.7 Å². The van der Waals surface area contributed by atoms with Crippen molar-refractivity contribution in [3.05, 3.63) is 101 Å². The van der Waals surface area contributed by atoms with Gasteiger partial charge in [0.2, 0.25) is 0 Å². The average molecular weight is 311 g/mol. The normalized spacial score (nSPS) is 21.2. The zero-order valence-electron chi connectivity index (χ0n) is 13.2. The SMILES string of the molecule is O=C1c2ccccc2[C@@H]2C[C@H](c3ccccc3)c3ccccc3N12. The summed E-state index contributed by atoms with van der Waals surface area (Å²) in [4.78, 5) is 15.0. The van der Waals surface area contributed by atoms with Crippen molar-refractivity contribution in [3.8, 4) is 0 Å². The zero-order chi connectivity index (χ0) is 16.1. The molecule has 2 aliphatic heterocycles. The van der Waals surface area contributed by atoms with E-state index in [0.29, 0.717) is 5.92 Å². The largest absolute Gasteiger partial charge is 0.301 e. The summed E-state index contributed by atoms with van der Waals surface area (Å²) in [5, 5.41) is 0. The first-order valence-corrected chi connectivity index (χ1v) is 8.41. The molecule has 0 bridgehead atoms. The van der Waals surface area contributed by atoms with E-state index in [4.69, 9.17) is 0 Å². The number of fused-ring (bicyclic) bond motifs is 5. The van der Waals surface area contributed by atoms with Crippen LogP contribution in [0.25, 0.3) is 0 Å². The van der Waals surface area contributed by atoms with E-state index >= 15 is 0 Å². The topological polar surface area (TPSA) is 20.3 Å². The van der Waals surface area contributed by atoms with Crippen molar-refractivity contribution in [2.75, 3.05) is 4.90 Å². The molecular formula is C22H17NO. The van der Waals surface area contributed by atoms with Gasteiger partial charge in [-0.05, 0) is 35.2 Å². The first-order chi connectivity index (χ1) is 11.8. The molecule has 0 saturated carbocycles. The summed E-state index contributed by atoms with van der Waals surface area (Å²) < 4.78 is 0. The Bertz CT molecular complexity index is 931. The van der Waals surface area contributed by atoms with E-state index in [1.165, 1.54) is 11.1 Å². The number of rotatable bonds is 1. The van der Waals surface area contributed by atoms with E-state index in [-0.39, 0.29) is 11.9 Å². The van der Waals surface area contributed by atoms with Crippen LogP contribution in [0.3, 0.4) is 0 Å². The third-order valence-electron chi connectivity index (χ3n) is 5.31. The summed E-state index contributed by atoms with van der Waals surface area (Å²) in [6, 6.07) is 27.2. The number of hydrogen-bond acceptors (Lipinski definition) is 1. The Labute approximate surface area is 141 Å². The average Bonchev–Trinajstić information content (AvgIpc) is 2.95. The summed E-state index contributed by atoms with van der Waals surface area (Å²) >= 11 is 0. The Balaban J connectivity index is 1.72. The van der Waals surface area contributed by atoms with E-state index in [2.05, 4.69) is 54.6 Å². The monoisotopic (exact) mass is 311 g/mol. The minimum Gasteiger partial charge on any atom is -0.301 e. The molecule has 2 nitrogen and oxygen atoms in total. The molecule has 2 aliphatic rings. The van der Waals surface area contributed by atoms with E-state index in [9.17, 15) is 4.79 Å². The minimum absolute atomic E-state index is 0.133. The molecule has 0 spiro atoms. The third-order valence-corrected chi connectivity index (χ3v) is 5.31. The molecule has 0 N–H and O–H groups in total. The summed E-state index contributed by atoms with van der Waals surface area (Å²) in [5.41, 5.74) is 5.65. The molecule has 1 amide bonds. The highest BCUT2D eigenvalue weighted by atomic mass is 16.2. The van der Waals surface area contributed by atoms with Gasteiger partial charge >= 0.3 is 0 Å². The smallest absolute Gasteiger partial charge is 0.259 e. The van der Waals surface area contributed by atoms with Crippen molar-refractivity contribution in [2.45, 2.75) is 18.4 Å². The van der Waals surface area contributed by atoms with Crippen LogP contribution in [0.2, 0.25) is 0 Å². The maximum absolute atomic E-state index is 13.0. The van der Waals surface area contributed by atoms with Crippen molar-refractivity contribution in [2.24, 2.45) is 0 Å². The fraction of sp³-hybridized carbons (Fsp3) is 0.136. The van der Waals surface area contributed by atoms with Crippen molar-refractivity contribution in [1.29, 1.82) is 0 Å². The first-order valence-electron chi connectivity index (χ1n) is 8.41. The van der Waals surface area contributed by atoms with Gasteiger partial charge in [0.15, 0.2) is 0 Å². The Morgan fingerprint density at radius 2 is 1.42 bits per heavy atom. The highest BCUT2D eigenvalue weighted by molar-refractivity contribution is 6.11. The van der Waals surface area contributed by atoms with Crippen LogP contribution in [0.5, 0.6) is 0 Å². The van der Waals surface area contributed by atoms with Crippen LogP contribution in [-0.2, 0) is 0 Å². The maximum Gasteiger partial charge on any atom is 0.259 e. The number of benzene rings is 3. The fourth-order valence-corrected chi connectivity index (χ4v) is 4.26. The molecular weight excluding hydrogens is 294 g/mol. The lowest BCUT2D eigenvalue weighted by molar-refractivity contribution is 0.0988. The number of carbonyl (C=O) groups excluding carboxylic acids is 1. The second-order valence-electron chi connectivity index (χ2n) is 6.54. The zero-order valence-corrected chi connectivity index (χ0v) is 13.2. The van der Waals surface area contributed by atoms with Crippen LogP contribution in [0.4, 0.5) is 5.69 Å². The lowest BCUT2D eigenvalue weighted by Crippen LogP contribution is -2.33. The van der Waals surface area contributed by atoms with Crippen LogP contribution in [0.15, 0.2) is 78.9 Å². The molecule has 2 atom stereocenters. The summed E-state index contributed by atoms with van der Waals surface area (Å²) in [7, 11) is 0. The van der Waals surface area contributed by atoms with Gasteiger partial charge in [0.1, 0.15) is 0 Å². The van der Waals surface area contributed by atoms with Crippen LogP contribution >= 0.6 is 0 Å². The van der Waals surface area contributed by atoms with Gasteiger partial charge in [0.05, 0.1) is 6.04 Å². The Morgan fingerprint density at radius 1 is 0.750 bits per heavy atom. The summed E-state index contributed by atoms with van der Waals surface area (Å²) in [6.45, 7) is 0. The number of para-hydroxylation sites is 1. The van der Waals surface area contributed by atoms with Crippen molar-refractivity contribution in [1.82, 2.24) is 0 Å². The van der Waals surface area contributed by atoms with E-state index in [1.807, 2.05) is 29.2 Å². The maximum atomic E-state index is 13.0. The molecule has 5 rings (SSSR count). The van der Waals surface area contributed by atoms with Gasteiger partial charge in [0, 0.05) is 17.2 Å². The van der Waals surface area contributed by atoms with Gasteiger partial charge in [-0.15, -0.1) is 0 Å². The standard InChI is InChI=1S/C22H17NO/c24-22-18-12-5-4-10-16(18)21-14-19(15-8-2-1-3-9-15)17-11-6-7-13-20(17)23(21)22/h1-13,19,21H,14H2/t19-,21+/m1/s1. The second kappa shape index (κ2) is 5.07. The van der Waals surface area contributed by atoms with Crippen molar-refractivity contribution in [3.63, 3.8) is 0 Å². The molecule has 116 valence electrons. The quantitative estimate of drug-likeness (QED) is 0.624. The van der Waals surface area contributed by atoms with Crippen molar-refractivity contribution >= 4 is 11.6 Å². The lowest BCUT2D eigenvalue weighted by atomic mass is 9.80. The molecule has 0 radical (unpaired) electrons. The van der Waals surface area contributed by atoms with E-state index in [0.717, 1.165) is 23.2 Å². The fourth-order valence-electron chi connectivity index (χ4n) is 4.26.